The van der Waals surface area contributed by atoms with Gasteiger partial charge in [0.2, 0.25) is 0 Å². The molecule has 0 bridgehead atoms. The average Bonchev–Trinajstić information content (AvgIpc) is 2.93. The lowest BCUT2D eigenvalue weighted by Gasteiger charge is -2.26. The minimum Gasteiger partial charge on any atom is -0.502 e. The summed E-state index contributed by atoms with van der Waals surface area (Å²) in [6, 6.07) is 3.70. The van der Waals surface area contributed by atoms with Gasteiger partial charge in [0.05, 0.1) is 12.2 Å². The van der Waals surface area contributed by atoms with E-state index in [1.54, 1.807) is 17.9 Å². The summed E-state index contributed by atoms with van der Waals surface area (Å²) < 4.78 is 52.2. The number of alkyl halides is 3. The van der Waals surface area contributed by atoms with Crippen LogP contribution < -0.4 is 5.56 Å². The third kappa shape index (κ3) is 3.51. The Bertz CT molecular complexity index is 863. The van der Waals surface area contributed by atoms with Crippen LogP contribution in [0.15, 0.2) is 29.2 Å². The monoisotopic (exact) mass is 357 g/mol. The molecule has 3 rings (SSSR count). The van der Waals surface area contributed by atoms with E-state index < -0.39 is 30.1 Å². The zero-order valence-electron chi connectivity index (χ0n) is 13.2. The van der Waals surface area contributed by atoms with Crippen LogP contribution in [0, 0.1) is 5.82 Å². The zero-order valence-corrected chi connectivity index (χ0v) is 13.2. The molecular formula is C16H15F4N3O2. The molecule has 1 N–H and O–H groups in total. The van der Waals surface area contributed by atoms with E-state index in [4.69, 9.17) is 0 Å². The number of aromatic hydroxyl groups is 1. The van der Waals surface area contributed by atoms with Gasteiger partial charge < -0.3 is 5.11 Å². The first kappa shape index (κ1) is 17.4. The van der Waals surface area contributed by atoms with Crippen molar-refractivity contribution in [2.75, 3.05) is 0 Å². The van der Waals surface area contributed by atoms with Crippen LogP contribution in [0.2, 0.25) is 0 Å². The second-order valence-corrected chi connectivity index (χ2v) is 6.00. The predicted octanol–water partition coefficient (Wildman–Crippen LogP) is 2.73. The number of aromatic nitrogens is 2. The van der Waals surface area contributed by atoms with Crippen LogP contribution in [0.1, 0.15) is 29.9 Å². The van der Waals surface area contributed by atoms with Crippen LogP contribution >= 0.6 is 0 Å². The Morgan fingerprint density at radius 2 is 1.96 bits per heavy atom. The molecule has 0 saturated heterocycles. The number of hydrogen-bond donors (Lipinski definition) is 1. The number of benzene rings is 1. The zero-order chi connectivity index (χ0) is 18.4. The van der Waals surface area contributed by atoms with Crippen molar-refractivity contribution in [3.63, 3.8) is 0 Å². The fraction of sp³-hybridized carbons (Fsp3) is 0.375. The Kier molecular flexibility index (Phi) is 4.28. The van der Waals surface area contributed by atoms with Crippen LogP contribution in [0.4, 0.5) is 17.6 Å². The summed E-state index contributed by atoms with van der Waals surface area (Å²) in [7, 11) is 0. The Hall–Kier alpha value is -2.42. The quantitative estimate of drug-likeness (QED) is 0.859. The van der Waals surface area contributed by atoms with Gasteiger partial charge in [-0.3, -0.25) is 14.3 Å². The van der Waals surface area contributed by atoms with Crippen molar-refractivity contribution >= 4 is 0 Å². The lowest BCUT2D eigenvalue weighted by Crippen LogP contribution is -2.35. The van der Waals surface area contributed by atoms with Gasteiger partial charge in [0.1, 0.15) is 18.2 Å². The SMILES string of the molecule is C[C@@H](c1ncc(O)c(=O)n1CC(F)(F)F)N1Cc2ccc(F)cc2C1. The number of halogens is 4. The van der Waals surface area contributed by atoms with E-state index in [2.05, 4.69) is 4.98 Å². The van der Waals surface area contributed by atoms with E-state index in [9.17, 15) is 27.5 Å². The highest BCUT2D eigenvalue weighted by molar-refractivity contribution is 5.31. The molecule has 2 aromatic rings. The van der Waals surface area contributed by atoms with Crippen LogP contribution in [-0.4, -0.2) is 25.7 Å². The van der Waals surface area contributed by atoms with Crippen LogP contribution in [0.5, 0.6) is 5.75 Å². The molecule has 1 aliphatic heterocycles. The summed E-state index contributed by atoms with van der Waals surface area (Å²) in [5.74, 6) is -1.33. The van der Waals surface area contributed by atoms with E-state index >= 15 is 0 Å². The number of hydrogen-bond acceptors (Lipinski definition) is 4. The normalized spacial score (nSPS) is 16.0. The summed E-state index contributed by atoms with van der Waals surface area (Å²) in [6.45, 7) is 0.812. The molecule has 1 aromatic heterocycles. The average molecular weight is 357 g/mol. The van der Waals surface area contributed by atoms with E-state index in [1.165, 1.54) is 12.1 Å². The van der Waals surface area contributed by atoms with E-state index in [0.717, 1.165) is 17.3 Å². The number of fused-ring (bicyclic) bond motifs is 1. The molecular weight excluding hydrogens is 342 g/mol. The van der Waals surface area contributed by atoms with Gasteiger partial charge in [-0.2, -0.15) is 13.2 Å². The van der Waals surface area contributed by atoms with Crippen molar-refractivity contribution in [3.05, 3.63) is 57.5 Å². The lowest BCUT2D eigenvalue weighted by molar-refractivity contribution is -0.142. The third-order valence-electron chi connectivity index (χ3n) is 4.23. The highest BCUT2D eigenvalue weighted by Gasteiger charge is 2.33. The molecule has 0 aliphatic carbocycles. The van der Waals surface area contributed by atoms with Crippen molar-refractivity contribution in [1.29, 1.82) is 0 Å². The van der Waals surface area contributed by atoms with Crippen LogP contribution in [0.3, 0.4) is 0 Å². The van der Waals surface area contributed by atoms with Gasteiger partial charge in [0, 0.05) is 13.1 Å². The smallest absolute Gasteiger partial charge is 0.406 e. The maximum Gasteiger partial charge on any atom is 0.406 e. The molecule has 25 heavy (non-hydrogen) atoms. The highest BCUT2D eigenvalue weighted by Crippen LogP contribution is 2.31. The summed E-state index contributed by atoms with van der Waals surface area (Å²) in [6.07, 6.45) is -3.78. The molecule has 5 nitrogen and oxygen atoms in total. The predicted molar refractivity (Wildman–Crippen MR) is 80.3 cm³/mol. The van der Waals surface area contributed by atoms with E-state index in [0.29, 0.717) is 17.7 Å². The van der Waals surface area contributed by atoms with Gasteiger partial charge in [-0.25, -0.2) is 9.37 Å². The van der Waals surface area contributed by atoms with Crippen LogP contribution in [0.25, 0.3) is 0 Å². The van der Waals surface area contributed by atoms with Gasteiger partial charge in [-0.05, 0) is 30.2 Å². The maximum absolute atomic E-state index is 13.3. The Morgan fingerprint density at radius 3 is 2.64 bits per heavy atom. The first-order valence-corrected chi connectivity index (χ1v) is 7.52. The molecule has 134 valence electrons. The van der Waals surface area contributed by atoms with Crippen LogP contribution in [-0.2, 0) is 19.6 Å². The molecule has 0 fully saturated rings. The van der Waals surface area contributed by atoms with Crippen molar-refractivity contribution in [2.45, 2.75) is 38.8 Å². The van der Waals surface area contributed by atoms with Crippen molar-refractivity contribution in [1.82, 2.24) is 14.5 Å². The maximum atomic E-state index is 13.3. The van der Waals surface area contributed by atoms with Crippen molar-refractivity contribution < 1.29 is 22.7 Å². The van der Waals surface area contributed by atoms with Gasteiger partial charge in [-0.15, -0.1) is 0 Å². The van der Waals surface area contributed by atoms with Gasteiger partial charge in [-0.1, -0.05) is 6.07 Å². The standard InChI is InChI=1S/C16H15F4N3O2/c1-9(22-6-10-2-3-12(17)4-11(10)7-22)14-21-5-13(24)15(25)23(14)8-16(18,19)20/h2-5,9,24H,6-8H2,1H3/t9-/m0/s1. The third-order valence-corrected chi connectivity index (χ3v) is 4.23. The Morgan fingerprint density at radius 1 is 1.28 bits per heavy atom. The molecule has 0 saturated carbocycles. The molecule has 0 amide bonds. The minimum absolute atomic E-state index is 0.103. The number of nitrogens with zero attached hydrogens (tertiary/aromatic N) is 3. The molecule has 1 aromatic carbocycles. The second-order valence-electron chi connectivity index (χ2n) is 6.00. The molecule has 0 spiro atoms. The first-order chi connectivity index (χ1) is 11.7. The molecule has 9 heteroatoms. The number of rotatable bonds is 3. The molecule has 1 atom stereocenters. The van der Waals surface area contributed by atoms with Gasteiger partial charge >= 0.3 is 6.18 Å². The van der Waals surface area contributed by atoms with Crippen molar-refractivity contribution in [3.8, 4) is 5.75 Å². The Labute approximate surface area is 140 Å². The van der Waals surface area contributed by atoms with Gasteiger partial charge in [0.25, 0.3) is 5.56 Å². The largest absolute Gasteiger partial charge is 0.502 e. The fourth-order valence-corrected chi connectivity index (χ4v) is 2.99. The summed E-state index contributed by atoms with van der Waals surface area (Å²) in [5.41, 5.74) is 0.476. The molecule has 2 heterocycles. The molecule has 0 radical (unpaired) electrons. The van der Waals surface area contributed by atoms with E-state index in [-0.39, 0.29) is 11.6 Å². The summed E-state index contributed by atoms with van der Waals surface area (Å²) >= 11 is 0. The van der Waals surface area contributed by atoms with E-state index in [1.807, 2.05) is 0 Å². The highest BCUT2D eigenvalue weighted by atomic mass is 19.4. The lowest BCUT2D eigenvalue weighted by atomic mass is 10.1. The molecule has 0 unspecified atom stereocenters. The van der Waals surface area contributed by atoms with Gasteiger partial charge in [0.15, 0.2) is 5.75 Å². The molecule has 1 aliphatic rings. The summed E-state index contributed by atoms with van der Waals surface area (Å²) in [5, 5.41) is 9.42. The summed E-state index contributed by atoms with van der Waals surface area (Å²) in [4.78, 5) is 17.6. The topological polar surface area (TPSA) is 58.4 Å². The second kappa shape index (κ2) is 6.14. The first-order valence-electron chi connectivity index (χ1n) is 7.52. The van der Waals surface area contributed by atoms with Crippen molar-refractivity contribution in [2.24, 2.45) is 0 Å². The minimum atomic E-state index is -4.63. The Balaban J connectivity index is 1.94. The fourth-order valence-electron chi connectivity index (χ4n) is 2.99.